The number of para-hydroxylation sites is 1. The number of aliphatic hydroxyl groups is 2. The molecule has 196 valence electrons. The van der Waals surface area contributed by atoms with Crippen LogP contribution in [0.3, 0.4) is 0 Å². The number of alkyl carbamates (subject to hydrolysis) is 1. The van der Waals surface area contributed by atoms with Gasteiger partial charge in [0.25, 0.3) is 0 Å². The zero-order valence-corrected chi connectivity index (χ0v) is 21.5. The second-order valence-corrected chi connectivity index (χ2v) is 10.6. The van der Waals surface area contributed by atoms with Crippen molar-refractivity contribution in [3.05, 3.63) is 29.8 Å². The van der Waals surface area contributed by atoms with Crippen molar-refractivity contribution in [2.24, 2.45) is 22.7 Å². The molecule has 6 unspecified atom stereocenters. The molecule has 0 heterocycles. The van der Waals surface area contributed by atoms with E-state index in [-0.39, 0.29) is 36.2 Å². The Morgan fingerprint density at radius 1 is 1.14 bits per heavy atom. The molecule has 3 rings (SSSR count). The van der Waals surface area contributed by atoms with Crippen molar-refractivity contribution in [1.29, 1.82) is 0 Å². The van der Waals surface area contributed by atoms with Crippen molar-refractivity contribution < 1.29 is 29.3 Å². The van der Waals surface area contributed by atoms with Gasteiger partial charge in [-0.3, -0.25) is 4.79 Å². The van der Waals surface area contributed by atoms with Gasteiger partial charge in [0.05, 0.1) is 19.8 Å². The van der Waals surface area contributed by atoms with Crippen molar-refractivity contribution in [2.45, 2.75) is 78.0 Å². The Morgan fingerprint density at radius 2 is 1.89 bits per heavy atom. The van der Waals surface area contributed by atoms with Crippen LogP contribution in [0, 0.1) is 22.7 Å². The maximum atomic E-state index is 13.0. The van der Waals surface area contributed by atoms with Crippen LogP contribution >= 0.6 is 0 Å². The number of fused-ring (bicyclic) bond motifs is 1. The van der Waals surface area contributed by atoms with Crippen molar-refractivity contribution >= 4 is 12.0 Å². The van der Waals surface area contributed by atoms with Crippen LogP contribution in [0.1, 0.15) is 64.9 Å². The lowest BCUT2D eigenvalue weighted by Crippen LogP contribution is -2.61. The lowest BCUT2D eigenvalue weighted by Gasteiger charge is -2.60. The highest BCUT2D eigenvalue weighted by molar-refractivity contribution is 5.76. The van der Waals surface area contributed by atoms with Crippen LogP contribution in [0.4, 0.5) is 4.79 Å². The van der Waals surface area contributed by atoms with Gasteiger partial charge in [-0.05, 0) is 55.4 Å². The van der Waals surface area contributed by atoms with Crippen molar-refractivity contribution in [1.82, 2.24) is 10.6 Å². The molecule has 6 atom stereocenters. The summed E-state index contributed by atoms with van der Waals surface area (Å²) in [7, 11) is 1.60. The Bertz CT molecular complexity index is 879. The molecule has 8 heteroatoms. The minimum Gasteiger partial charge on any atom is -0.496 e. The number of amides is 2. The number of carbonyl (C=O) groups excluding carboxylic acids is 2. The van der Waals surface area contributed by atoms with Crippen molar-refractivity contribution in [3.8, 4) is 5.75 Å². The summed E-state index contributed by atoms with van der Waals surface area (Å²) in [5, 5.41) is 27.2. The molecule has 0 spiro atoms. The molecule has 4 N–H and O–H groups in total. The van der Waals surface area contributed by atoms with E-state index in [1.807, 2.05) is 38.1 Å². The number of benzene rings is 1. The molecule has 0 radical (unpaired) electrons. The summed E-state index contributed by atoms with van der Waals surface area (Å²) in [6, 6.07) is 7.56. The Hall–Kier alpha value is -2.32. The second-order valence-electron chi connectivity index (χ2n) is 10.6. The molecule has 1 aromatic rings. The van der Waals surface area contributed by atoms with E-state index >= 15 is 0 Å². The zero-order chi connectivity index (χ0) is 25.6. The van der Waals surface area contributed by atoms with Crippen LogP contribution in [0.15, 0.2) is 24.3 Å². The summed E-state index contributed by atoms with van der Waals surface area (Å²) >= 11 is 0. The highest BCUT2D eigenvalue weighted by Crippen LogP contribution is 2.61. The molecule has 0 aromatic heterocycles. The number of rotatable bonds is 9. The predicted molar refractivity (Wildman–Crippen MR) is 133 cm³/mol. The molecule has 2 saturated carbocycles. The van der Waals surface area contributed by atoms with E-state index in [0.717, 1.165) is 17.7 Å². The molecule has 0 saturated heterocycles. The van der Waals surface area contributed by atoms with Crippen molar-refractivity contribution in [2.75, 3.05) is 20.3 Å². The number of hydrogen-bond acceptors (Lipinski definition) is 6. The first-order chi connectivity index (χ1) is 16.7. The standard InChI is InChI=1S/C27H42N2O6/c1-5-14-28-25(33)35-23-12-13-26(2)19(20(31)10-11-22(26)27(23,3)17-30)15-24(32)29-16-18-8-6-7-9-21(18)34-4/h6-9,19-20,22-23,30-31H,5,10-17H2,1-4H3,(H,28,33)(H,29,32). The zero-order valence-electron chi connectivity index (χ0n) is 21.5. The van der Waals surface area contributed by atoms with Gasteiger partial charge in [-0.1, -0.05) is 39.0 Å². The molecule has 8 nitrogen and oxygen atoms in total. The fourth-order valence-electron chi connectivity index (χ4n) is 6.49. The van der Waals surface area contributed by atoms with E-state index in [1.54, 1.807) is 7.11 Å². The molecule has 2 amide bonds. The highest BCUT2D eigenvalue weighted by Gasteiger charge is 2.60. The van der Waals surface area contributed by atoms with Gasteiger partial charge < -0.3 is 30.3 Å². The molecule has 0 bridgehead atoms. The first-order valence-corrected chi connectivity index (χ1v) is 12.8. The van der Waals surface area contributed by atoms with Crippen LogP contribution in [0.2, 0.25) is 0 Å². The number of methoxy groups -OCH3 is 1. The van der Waals surface area contributed by atoms with Crippen LogP contribution in [0.5, 0.6) is 5.75 Å². The monoisotopic (exact) mass is 490 g/mol. The van der Waals surface area contributed by atoms with E-state index in [2.05, 4.69) is 17.6 Å². The van der Waals surface area contributed by atoms with E-state index in [9.17, 15) is 19.8 Å². The third kappa shape index (κ3) is 5.75. The lowest BCUT2D eigenvalue weighted by molar-refractivity contribution is -0.186. The van der Waals surface area contributed by atoms with Gasteiger partial charge in [0, 0.05) is 30.5 Å². The minimum absolute atomic E-state index is 0.00754. The summed E-state index contributed by atoms with van der Waals surface area (Å²) in [5.74, 6) is 0.357. The van der Waals surface area contributed by atoms with E-state index in [4.69, 9.17) is 9.47 Å². The number of aliphatic hydroxyl groups excluding tert-OH is 2. The van der Waals surface area contributed by atoms with Crippen molar-refractivity contribution in [3.63, 3.8) is 0 Å². The smallest absolute Gasteiger partial charge is 0.407 e. The molecular formula is C27H42N2O6. The van der Waals surface area contributed by atoms with Crippen LogP contribution < -0.4 is 15.4 Å². The Kier molecular flexibility index (Phi) is 9.05. The van der Waals surface area contributed by atoms with Gasteiger partial charge in [-0.25, -0.2) is 4.79 Å². The minimum atomic E-state index is -0.650. The number of ether oxygens (including phenoxy) is 2. The van der Waals surface area contributed by atoms with Gasteiger partial charge in [-0.2, -0.15) is 0 Å². The third-order valence-electron chi connectivity index (χ3n) is 8.52. The normalized spacial score (nSPS) is 32.3. The fraction of sp³-hybridized carbons (Fsp3) is 0.704. The van der Waals surface area contributed by atoms with Gasteiger partial charge >= 0.3 is 6.09 Å². The largest absolute Gasteiger partial charge is 0.496 e. The predicted octanol–water partition coefficient (Wildman–Crippen LogP) is 3.39. The van der Waals surface area contributed by atoms with Gasteiger partial charge in [0.2, 0.25) is 5.91 Å². The molecular weight excluding hydrogens is 448 g/mol. The quantitative estimate of drug-likeness (QED) is 0.422. The first kappa shape index (κ1) is 27.3. The summed E-state index contributed by atoms with van der Waals surface area (Å²) in [4.78, 5) is 25.3. The average Bonchev–Trinajstić information content (AvgIpc) is 2.85. The van der Waals surface area contributed by atoms with Crippen LogP contribution in [-0.2, 0) is 16.1 Å². The summed E-state index contributed by atoms with van der Waals surface area (Å²) < 4.78 is 11.2. The topological polar surface area (TPSA) is 117 Å². The van der Waals surface area contributed by atoms with E-state index in [1.165, 1.54) is 0 Å². The molecule has 0 aliphatic heterocycles. The maximum absolute atomic E-state index is 13.0. The SMILES string of the molecule is CCCNC(=O)OC1CCC2(C)C(CC(=O)NCc3ccccc3OC)C(O)CCC2C1(C)CO. The van der Waals surface area contributed by atoms with Gasteiger partial charge in [-0.15, -0.1) is 0 Å². The Balaban J connectivity index is 1.72. The van der Waals surface area contributed by atoms with E-state index < -0.39 is 23.7 Å². The number of hydrogen-bond donors (Lipinski definition) is 4. The second kappa shape index (κ2) is 11.6. The van der Waals surface area contributed by atoms with Crippen LogP contribution in [-0.4, -0.2) is 54.7 Å². The number of carbonyl (C=O) groups is 2. The average molecular weight is 491 g/mol. The lowest BCUT2D eigenvalue weighted by atomic mass is 9.46. The van der Waals surface area contributed by atoms with Gasteiger partial charge in [0.15, 0.2) is 0 Å². The fourth-order valence-corrected chi connectivity index (χ4v) is 6.49. The summed E-state index contributed by atoms with van der Waals surface area (Å²) in [6.45, 7) is 6.85. The molecule has 2 aliphatic carbocycles. The molecule has 35 heavy (non-hydrogen) atoms. The maximum Gasteiger partial charge on any atom is 0.407 e. The first-order valence-electron chi connectivity index (χ1n) is 12.8. The molecule has 1 aromatic carbocycles. The molecule has 2 fully saturated rings. The Labute approximate surface area is 208 Å². The van der Waals surface area contributed by atoms with Gasteiger partial charge in [0.1, 0.15) is 11.9 Å². The third-order valence-corrected chi connectivity index (χ3v) is 8.52. The Morgan fingerprint density at radius 3 is 2.57 bits per heavy atom. The summed E-state index contributed by atoms with van der Waals surface area (Å²) in [5.41, 5.74) is -0.122. The highest BCUT2D eigenvalue weighted by atomic mass is 16.6. The van der Waals surface area contributed by atoms with Crippen LogP contribution in [0.25, 0.3) is 0 Å². The molecule has 2 aliphatic rings. The number of nitrogens with one attached hydrogen (secondary N) is 2. The van der Waals surface area contributed by atoms with E-state index in [0.29, 0.717) is 38.8 Å². The summed E-state index contributed by atoms with van der Waals surface area (Å²) in [6.07, 6.45) is 2.10.